The first-order chi connectivity index (χ1) is 17.0. The van der Waals surface area contributed by atoms with Crippen LogP contribution in [0.15, 0.2) is 0 Å². The van der Waals surface area contributed by atoms with Gasteiger partial charge in [-0.25, -0.2) is 16.8 Å². The minimum absolute atomic E-state index is 0. The van der Waals surface area contributed by atoms with Crippen LogP contribution in [0.5, 0.6) is 0 Å². The van der Waals surface area contributed by atoms with E-state index in [9.17, 15) is 31.2 Å². The van der Waals surface area contributed by atoms with E-state index in [1.807, 2.05) is 0 Å². The van der Waals surface area contributed by atoms with Crippen LogP contribution in [-0.4, -0.2) is 72.8 Å². The number of nitrogens with one attached hydrogen (secondary N) is 4. The van der Waals surface area contributed by atoms with Crippen LogP contribution in [0, 0.1) is 11.8 Å². The summed E-state index contributed by atoms with van der Waals surface area (Å²) in [5.74, 6) is -0.193. The van der Waals surface area contributed by atoms with E-state index >= 15 is 0 Å². The van der Waals surface area contributed by atoms with Crippen molar-refractivity contribution in [1.82, 2.24) is 21.3 Å². The average Bonchev–Trinajstić information content (AvgIpc) is 2.81. The van der Waals surface area contributed by atoms with Gasteiger partial charge in [-0.15, -0.1) is 0 Å². The SMILES string of the molecule is O=S(=O)([O-])C1CCC(NC2CCNC(NC3CCC4C(C3)CC(SOO[O-])CC4S(=O)(=O)[O-])N2)CC1.[Li+].[Li+].[Li+]. The van der Waals surface area contributed by atoms with Crippen molar-refractivity contribution in [2.24, 2.45) is 11.8 Å². The minimum Gasteiger partial charge on any atom is -0.748 e. The van der Waals surface area contributed by atoms with E-state index in [0.717, 1.165) is 31.4 Å². The molecule has 0 amide bonds. The van der Waals surface area contributed by atoms with Crippen LogP contribution >= 0.6 is 12.0 Å². The molecule has 1 heterocycles. The van der Waals surface area contributed by atoms with Gasteiger partial charge in [0.15, 0.2) is 0 Å². The molecule has 4 rings (SSSR count). The molecule has 210 valence electrons. The Labute approximate surface area is 271 Å². The monoisotopic (exact) mass is 592 g/mol. The number of fused-ring (bicyclic) bond motifs is 1. The van der Waals surface area contributed by atoms with Gasteiger partial charge in [0.2, 0.25) is 0 Å². The van der Waals surface area contributed by atoms with Crippen molar-refractivity contribution < 1.29 is 97.2 Å². The molecule has 3 saturated carbocycles. The van der Waals surface area contributed by atoms with Crippen molar-refractivity contribution >= 4 is 32.3 Å². The Balaban J connectivity index is 0.00000253. The van der Waals surface area contributed by atoms with Gasteiger partial charge in [-0.1, -0.05) is 0 Å². The van der Waals surface area contributed by atoms with Gasteiger partial charge in [-0.3, -0.25) is 26.3 Å². The first kappa shape index (κ1) is 38.7. The number of rotatable bonds is 9. The van der Waals surface area contributed by atoms with Gasteiger partial charge in [0, 0.05) is 41.2 Å². The van der Waals surface area contributed by atoms with Crippen LogP contribution in [0.2, 0.25) is 0 Å². The molecule has 1 saturated heterocycles. The van der Waals surface area contributed by atoms with Crippen LogP contribution in [-0.2, 0) is 29.6 Å². The first-order valence-corrected chi connectivity index (χ1v) is 16.3. The van der Waals surface area contributed by atoms with E-state index in [2.05, 4.69) is 30.6 Å². The summed E-state index contributed by atoms with van der Waals surface area (Å²) in [6.07, 6.45) is 5.63. The van der Waals surface area contributed by atoms with Crippen molar-refractivity contribution in [2.45, 2.75) is 104 Å². The maximum absolute atomic E-state index is 11.9. The van der Waals surface area contributed by atoms with Crippen molar-refractivity contribution in [3.8, 4) is 0 Å². The molecule has 7 atom stereocenters. The summed E-state index contributed by atoms with van der Waals surface area (Å²) in [5, 5.41) is 25.6. The molecule has 3 aliphatic carbocycles. The van der Waals surface area contributed by atoms with Gasteiger partial charge in [0.05, 0.1) is 31.7 Å². The van der Waals surface area contributed by atoms with E-state index in [1.165, 1.54) is 0 Å². The standard InChI is InChI=1S/C20H38N4O9S3.3Li/c25-32-33-34-15-10-12-9-14(3-6-17(12)18(11-15)36(29,30)31)23-20-21-8-7-19(24-20)22-13-1-4-16(5-2-13)35(26,27)28;;;/h12-25H,1-11H2,(H,26,27,28)(H,29,30,31);;;/q;3*+1/p-3. The molecule has 19 heteroatoms. The number of hydrogen-bond donors (Lipinski definition) is 4. The maximum atomic E-state index is 11.9. The van der Waals surface area contributed by atoms with Gasteiger partial charge in [0.25, 0.3) is 0 Å². The topological polar surface area (TPSA) is 204 Å². The molecule has 4 aliphatic rings. The molecule has 0 aromatic carbocycles. The second-order valence-electron chi connectivity index (χ2n) is 10.5. The summed E-state index contributed by atoms with van der Waals surface area (Å²) in [4.78, 5) is 0. The Morgan fingerprint density at radius 1 is 0.795 bits per heavy atom. The summed E-state index contributed by atoms with van der Waals surface area (Å²) < 4.78 is 74.0. The van der Waals surface area contributed by atoms with Gasteiger partial charge in [-0.05, 0) is 76.0 Å². The predicted octanol–water partition coefficient (Wildman–Crippen LogP) is -10.0. The quantitative estimate of drug-likeness (QED) is 0.0646. The molecule has 1 aliphatic heterocycles. The molecular formula is C20H35Li3N4O9S3. The molecular weight excluding hydrogens is 557 g/mol. The van der Waals surface area contributed by atoms with Crippen molar-refractivity contribution in [1.29, 1.82) is 0 Å². The zero-order chi connectivity index (χ0) is 25.9. The molecule has 4 N–H and O–H groups in total. The summed E-state index contributed by atoms with van der Waals surface area (Å²) in [6, 6.07) is 0.265. The Kier molecular flexibility index (Phi) is 17.1. The Morgan fingerprint density at radius 2 is 1.46 bits per heavy atom. The zero-order valence-corrected chi connectivity index (χ0v) is 25.3. The van der Waals surface area contributed by atoms with E-state index < -0.39 is 30.7 Å². The van der Waals surface area contributed by atoms with E-state index in [1.54, 1.807) is 0 Å². The van der Waals surface area contributed by atoms with E-state index in [4.69, 9.17) is 0 Å². The fraction of sp³-hybridized carbons (Fsp3) is 1.00. The maximum Gasteiger partial charge on any atom is 1.00 e. The third kappa shape index (κ3) is 11.3. The van der Waals surface area contributed by atoms with Crippen LogP contribution in [0.1, 0.15) is 64.2 Å². The van der Waals surface area contributed by atoms with Gasteiger partial charge < -0.3 is 14.4 Å². The Morgan fingerprint density at radius 3 is 2.08 bits per heavy atom. The zero-order valence-electron chi connectivity index (χ0n) is 22.9. The molecule has 39 heavy (non-hydrogen) atoms. The third-order valence-electron chi connectivity index (χ3n) is 8.22. The van der Waals surface area contributed by atoms with Gasteiger partial charge in [0.1, 0.15) is 6.29 Å². The second-order valence-corrected chi connectivity index (χ2v) is 14.7. The van der Waals surface area contributed by atoms with Gasteiger partial charge >= 0.3 is 56.6 Å². The van der Waals surface area contributed by atoms with E-state index in [-0.39, 0.29) is 105 Å². The molecule has 0 aromatic rings. The first-order valence-electron chi connectivity index (χ1n) is 12.6. The van der Waals surface area contributed by atoms with Crippen LogP contribution < -0.4 is 83.1 Å². The van der Waals surface area contributed by atoms with Crippen molar-refractivity contribution in [3.63, 3.8) is 0 Å². The fourth-order valence-corrected chi connectivity index (χ4v) is 9.52. The third-order valence-corrected chi connectivity index (χ3v) is 11.6. The van der Waals surface area contributed by atoms with Crippen LogP contribution in [0.25, 0.3) is 0 Å². The molecule has 0 aromatic heterocycles. The van der Waals surface area contributed by atoms with E-state index in [0.29, 0.717) is 44.9 Å². The molecule has 0 radical (unpaired) electrons. The molecule has 7 unspecified atom stereocenters. The largest absolute Gasteiger partial charge is 1.00 e. The minimum atomic E-state index is -4.47. The second kappa shape index (κ2) is 17.2. The average molecular weight is 593 g/mol. The molecule has 13 nitrogen and oxygen atoms in total. The van der Waals surface area contributed by atoms with Crippen molar-refractivity contribution in [3.05, 3.63) is 0 Å². The fourth-order valence-electron chi connectivity index (χ4n) is 6.54. The molecule has 0 spiro atoms. The van der Waals surface area contributed by atoms with Crippen LogP contribution in [0.3, 0.4) is 0 Å². The Hall–Kier alpha value is 1.68. The van der Waals surface area contributed by atoms with Crippen molar-refractivity contribution in [2.75, 3.05) is 6.54 Å². The molecule has 4 fully saturated rings. The molecule has 0 bridgehead atoms. The van der Waals surface area contributed by atoms with Crippen LogP contribution in [0.4, 0.5) is 0 Å². The normalized spacial score (nSPS) is 37.4. The van der Waals surface area contributed by atoms with Gasteiger partial charge in [-0.2, -0.15) is 4.33 Å². The summed E-state index contributed by atoms with van der Waals surface area (Å²) >= 11 is 0.786. The summed E-state index contributed by atoms with van der Waals surface area (Å²) in [7, 11) is -8.70. The Bertz CT molecular complexity index is 948. The summed E-state index contributed by atoms with van der Waals surface area (Å²) in [6.45, 7) is 0.771. The number of hydrogen-bond acceptors (Lipinski definition) is 14. The predicted molar refractivity (Wildman–Crippen MR) is 126 cm³/mol. The summed E-state index contributed by atoms with van der Waals surface area (Å²) in [5.41, 5.74) is 0. The smallest absolute Gasteiger partial charge is 0.748 e.